The molecule has 0 aromatic heterocycles. The Kier molecular flexibility index (Phi) is 9.83. The Hall–Kier alpha value is -1.11. The average molecular weight is 498 g/mol. The van der Waals surface area contributed by atoms with Crippen LogP contribution in [0.1, 0.15) is 25.8 Å². The second kappa shape index (κ2) is 10.9. The minimum absolute atomic E-state index is 0. The van der Waals surface area contributed by atoms with Crippen molar-refractivity contribution in [2.75, 3.05) is 6.26 Å². The number of hydrogen-bond acceptors (Lipinski definition) is 5. The maximum Gasteiger partial charge on any atom is 1.00 e. The first-order valence-corrected chi connectivity index (χ1v) is 10.9. The third-order valence-corrected chi connectivity index (χ3v) is 5.41. The number of carbonyl (C=O) groups excluding carboxylic acids is 1. The number of halogens is 4. The molecule has 0 saturated carbocycles. The molecule has 0 unspecified atom stereocenters. The molecule has 0 fully saturated rings. The van der Waals surface area contributed by atoms with E-state index in [-0.39, 0.29) is 56.3 Å². The Morgan fingerprint density at radius 2 is 1.41 bits per heavy atom. The number of sulfone groups is 1. The molecule has 2 aromatic carbocycles. The van der Waals surface area contributed by atoms with Gasteiger partial charge in [-0.05, 0) is 37.1 Å². The molecule has 0 aliphatic carbocycles. The van der Waals surface area contributed by atoms with Crippen LogP contribution >= 0.6 is 0 Å². The number of aliphatic imine (C=N–C) groups is 1. The van der Waals surface area contributed by atoms with Crippen LogP contribution in [-0.4, -0.2) is 44.2 Å². The van der Waals surface area contributed by atoms with Gasteiger partial charge in [-0.1, -0.05) is 36.4 Å². The van der Waals surface area contributed by atoms with Crippen LogP contribution < -0.4 is 56.5 Å². The number of carbonyl (C=O) groups is 1. The molecule has 168 valence electrons. The molecule has 1 atom stereocenters. The van der Waals surface area contributed by atoms with Crippen LogP contribution in [0.4, 0.5) is 17.6 Å². The Bertz CT molecular complexity index is 1070. The largest absolute Gasteiger partial charge is 1.00 e. The zero-order valence-corrected chi connectivity index (χ0v) is 21.8. The van der Waals surface area contributed by atoms with Crippen molar-refractivity contribution in [2.45, 2.75) is 43.1 Å². The summed E-state index contributed by atoms with van der Waals surface area (Å²) in [5.41, 5.74) is -2.84. The van der Waals surface area contributed by atoms with E-state index in [2.05, 4.69) is 4.99 Å². The Balaban J connectivity index is 0.00000512. The summed E-state index contributed by atoms with van der Waals surface area (Å²) in [4.78, 5) is 14.6. The van der Waals surface area contributed by atoms with Crippen molar-refractivity contribution < 1.29 is 87.3 Å². The molecule has 0 spiro atoms. The molecule has 0 aliphatic rings. The summed E-state index contributed by atoms with van der Waals surface area (Å²) >= 11 is 0. The van der Waals surface area contributed by atoms with E-state index in [4.69, 9.17) is 0 Å². The summed E-state index contributed by atoms with van der Waals surface area (Å²) in [5, 5.41) is 11.2. The maximum atomic E-state index is 13.8. The number of carboxylic acid groups (broad SMARTS) is 1. The molecule has 0 heterocycles. The van der Waals surface area contributed by atoms with Crippen LogP contribution in [0.5, 0.6) is 0 Å². The fourth-order valence-electron chi connectivity index (χ4n) is 2.82. The van der Waals surface area contributed by atoms with E-state index in [1.165, 1.54) is 36.4 Å². The van der Waals surface area contributed by atoms with Gasteiger partial charge in [-0.3, -0.25) is 4.99 Å². The number of carboxylic acids is 1. The fraction of sp³-hybridized carbons (Fsp3) is 0.333. The Labute approximate surface area is 226 Å². The molecule has 2 rings (SSSR count). The van der Waals surface area contributed by atoms with Gasteiger partial charge in [0.1, 0.15) is 11.4 Å². The minimum Gasteiger partial charge on any atom is -0.548 e. The SMILES string of the molecule is CC(C)(F)C[C@H](N=C(c1ccc(-c2ccc(S(C)(=O)=O)cc2)cc1)C(F)(F)F)C(=O)[O-].[K+]. The quantitative estimate of drug-likeness (QED) is 0.314. The zero-order valence-electron chi connectivity index (χ0n) is 17.9. The van der Waals surface area contributed by atoms with Crippen molar-refractivity contribution in [3.63, 3.8) is 0 Å². The van der Waals surface area contributed by atoms with Gasteiger partial charge < -0.3 is 9.90 Å². The summed E-state index contributed by atoms with van der Waals surface area (Å²) in [6.45, 7) is 2.07. The summed E-state index contributed by atoms with van der Waals surface area (Å²) < 4.78 is 77.5. The van der Waals surface area contributed by atoms with Gasteiger partial charge in [0.15, 0.2) is 9.84 Å². The average Bonchev–Trinajstić information content (AvgIpc) is 2.62. The first kappa shape index (κ1) is 28.9. The van der Waals surface area contributed by atoms with Gasteiger partial charge in [-0.25, -0.2) is 12.8 Å². The smallest absolute Gasteiger partial charge is 0.548 e. The van der Waals surface area contributed by atoms with Crippen molar-refractivity contribution in [1.29, 1.82) is 0 Å². The molecule has 5 nitrogen and oxygen atoms in total. The van der Waals surface area contributed by atoms with Crippen LogP contribution in [-0.2, 0) is 14.6 Å². The summed E-state index contributed by atoms with van der Waals surface area (Å²) in [6, 6.07) is 8.71. The van der Waals surface area contributed by atoms with E-state index in [0.29, 0.717) is 11.1 Å². The molecule has 32 heavy (non-hydrogen) atoms. The van der Waals surface area contributed by atoms with Gasteiger partial charge in [0, 0.05) is 18.2 Å². The van der Waals surface area contributed by atoms with E-state index < -0.39 is 51.4 Å². The second-order valence-corrected chi connectivity index (χ2v) is 9.62. The van der Waals surface area contributed by atoms with E-state index in [0.717, 1.165) is 32.2 Å². The van der Waals surface area contributed by atoms with Crippen molar-refractivity contribution in [2.24, 2.45) is 4.99 Å². The first-order chi connectivity index (χ1) is 14.1. The molecule has 11 heteroatoms. The molecule has 0 radical (unpaired) electrons. The summed E-state index contributed by atoms with van der Waals surface area (Å²) in [5.74, 6) is -1.91. The van der Waals surface area contributed by atoms with Gasteiger partial charge in [0.05, 0.1) is 16.9 Å². The van der Waals surface area contributed by atoms with Crippen LogP contribution in [0.15, 0.2) is 58.4 Å². The molecule has 0 aliphatic heterocycles. The van der Waals surface area contributed by atoms with Crippen LogP contribution in [0.2, 0.25) is 0 Å². The van der Waals surface area contributed by atoms with Gasteiger partial charge in [0.2, 0.25) is 0 Å². The van der Waals surface area contributed by atoms with Crippen LogP contribution in [0.3, 0.4) is 0 Å². The number of hydrogen-bond donors (Lipinski definition) is 0. The van der Waals surface area contributed by atoms with E-state index in [1.807, 2.05) is 0 Å². The van der Waals surface area contributed by atoms with Gasteiger partial charge in [-0.2, -0.15) is 13.2 Å². The number of aliphatic carboxylic acids is 1. The van der Waals surface area contributed by atoms with Gasteiger partial charge in [0.25, 0.3) is 0 Å². The number of rotatable bonds is 7. The van der Waals surface area contributed by atoms with Crippen LogP contribution in [0.25, 0.3) is 11.1 Å². The standard InChI is InChI=1S/C21H21F4NO4S.K/c1-20(2,22)12-17(19(27)28)26-18(21(23,24)25)15-6-4-13(5-7-15)14-8-10-16(11-9-14)31(3,29)30;/h4-11,17H,12H2,1-3H3,(H,27,28);/q;+1/p-1/t17-;/m0./s1. The molecular formula is C21H20F4KNO4S. The monoisotopic (exact) mass is 497 g/mol. The van der Waals surface area contributed by atoms with Crippen LogP contribution in [0, 0.1) is 0 Å². The third kappa shape index (κ3) is 8.34. The number of benzene rings is 2. The Morgan fingerprint density at radius 3 is 1.75 bits per heavy atom. The van der Waals surface area contributed by atoms with Crippen molar-refractivity contribution >= 4 is 21.5 Å². The predicted octanol–water partition coefficient (Wildman–Crippen LogP) is 0.369. The second-order valence-electron chi connectivity index (χ2n) is 7.61. The topological polar surface area (TPSA) is 86.6 Å². The zero-order chi connectivity index (χ0) is 23.6. The molecule has 0 saturated heterocycles. The summed E-state index contributed by atoms with van der Waals surface area (Å²) in [6.07, 6.45) is -4.70. The fourth-order valence-corrected chi connectivity index (χ4v) is 3.45. The van der Waals surface area contributed by atoms with Crippen molar-refractivity contribution in [1.82, 2.24) is 0 Å². The van der Waals surface area contributed by atoms with E-state index in [9.17, 15) is 35.9 Å². The maximum absolute atomic E-state index is 13.8. The van der Waals surface area contributed by atoms with Gasteiger partial charge in [-0.15, -0.1) is 0 Å². The van der Waals surface area contributed by atoms with Crippen molar-refractivity contribution in [3.05, 3.63) is 54.1 Å². The predicted molar refractivity (Wildman–Crippen MR) is 106 cm³/mol. The van der Waals surface area contributed by atoms with E-state index >= 15 is 0 Å². The molecule has 0 amide bonds. The minimum atomic E-state index is -4.98. The molecule has 0 bridgehead atoms. The number of alkyl halides is 4. The molecule has 0 N–H and O–H groups in total. The number of nitrogens with zero attached hydrogens (tertiary/aromatic N) is 1. The molecule has 2 aromatic rings. The summed E-state index contributed by atoms with van der Waals surface area (Å²) in [7, 11) is -3.39. The normalized spacial score (nSPS) is 13.9. The van der Waals surface area contributed by atoms with Crippen molar-refractivity contribution in [3.8, 4) is 11.1 Å². The third-order valence-electron chi connectivity index (χ3n) is 4.28. The molecular weight excluding hydrogens is 477 g/mol. The van der Waals surface area contributed by atoms with Gasteiger partial charge >= 0.3 is 57.6 Å². The first-order valence-electron chi connectivity index (χ1n) is 9.03. The Morgan fingerprint density at radius 1 is 0.969 bits per heavy atom. The van der Waals surface area contributed by atoms with E-state index in [1.54, 1.807) is 0 Å².